The van der Waals surface area contributed by atoms with E-state index in [0.717, 1.165) is 25.7 Å². The van der Waals surface area contributed by atoms with E-state index in [2.05, 4.69) is 16.0 Å². The molecule has 2 aliphatic rings. The second-order valence-electron chi connectivity index (χ2n) is 6.70. The molecule has 1 atom stereocenters. The SMILES string of the molecule is CC1(c2ccc(C(=O)NC3CCC(N)CC3)cc2)NC(=O)NC1=O.Cl. The van der Waals surface area contributed by atoms with E-state index in [0.29, 0.717) is 11.1 Å². The fourth-order valence-electron chi connectivity index (χ4n) is 3.23. The molecule has 1 aliphatic carbocycles. The Bertz CT molecular complexity index is 671. The van der Waals surface area contributed by atoms with Crippen LogP contribution >= 0.6 is 12.4 Å². The van der Waals surface area contributed by atoms with E-state index in [1.165, 1.54) is 0 Å². The van der Waals surface area contributed by atoms with Crippen LogP contribution in [0.3, 0.4) is 0 Å². The molecule has 1 aromatic carbocycles. The summed E-state index contributed by atoms with van der Waals surface area (Å²) in [5, 5.41) is 7.85. The van der Waals surface area contributed by atoms with Gasteiger partial charge in [0, 0.05) is 17.6 Å². The number of carbonyl (C=O) groups is 3. The van der Waals surface area contributed by atoms with Crippen LogP contribution < -0.4 is 21.7 Å². The van der Waals surface area contributed by atoms with Gasteiger partial charge in [0.05, 0.1) is 0 Å². The first-order chi connectivity index (χ1) is 11.4. The molecule has 25 heavy (non-hydrogen) atoms. The maximum Gasteiger partial charge on any atom is 0.322 e. The normalized spacial score (nSPS) is 28.6. The molecule has 1 unspecified atom stereocenters. The lowest BCUT2D eigenvalue weighted by Gasteiger charge is -2.27. The molecular formula is C17H23ClN4O3. The van der Waals surface area contributed by atoms with E-state index in [9.17, 15) is 14.4 Å². The first kappa shape index (κ1) is 19.2. The number of hydrogen-bond acceptors (Lipinski definition) is 4. The van der Waals surface area contributed by atoms with Gasteiger partial charge in [0.25, 0.3) is 11.8 Å². The molecule has 1 saturated heterocycles. The van der Waals surface area contributed by atoms with Crippen molar-refractivity contribution in [2.45, 2.75) is 50.2 Å². The number of carbonyl (C=O) groups excluding carboxylic acids is 3. The molecule has 1 aliphatic heterocycles. The van der Waals surface area contributed by atoms with Crippen molar-refractivity contribution < 1.29 is 14.4 Å². The lowest BCUT2D eigenvalue weighted by Crippen LogP contribution is -2.41. The fourth-order valence-corrected chi connectivity index (χ4v) is 3.23. The summed E-state index contributed by atoms with van der Waals surface area (Å²) in [4.78, 5) is 35.6. The van der Waals surface area contributed by atoms with Gasteiger partial charge in [0.15, 0.2) is 0 Å². The minimum Gasteiger partial charge on any atom is -0.349 e. The van der Waals surface area contributed by atoms with Crippen LogP contribution in [0, 0.1) is 0 Å². The van der Waals surface area contributed by atoms with Gasteiger partial charge >= 0.3 is 6.03 Å². The standard InChI is InChI=1S/C17H22N4O3.ClH/c1-17(15(23)20-16(24)21-17)11-4-2-10(3-5-11)14(22)19-13-8-6-12(18)7-9-13;/h2-5,12-13H,6-9,18H2,1H3,(H,19,22)(H2,20,21,23,24);1H. The minimum atomic E-state index is -1.11. The molecule has 0 bridgehead atoms. The molecule has 5 N–H and O–H groups in total. The van der Waals surface area contributed by atoms with E-state index in [1.807, 2.05) is 0 Å². The molecule has 3 rings (SSSR count). The third-order valence-electron chi connectivity index (χ3n) is 4.88. The van der Waals surface area contributed by atoms with Crippen molar-refractivity contribution in [3.05, 3.63) is 35.4 Å². The number of amides is 4. The molecule has 4 amide bonds. The van der Waals surface area contributed by atoms with Crippen molar-refractivity contribution in [1.82, 2.24) is 16.0 Å². The zero-order valence-corrected chi connectivity index (χ0v) is 14.8. The van der Waals surface area contributed by atoms with Gasteiger partial charge in [-0.2, -0.15) is 0 Å². The van der Waals surface area contributed by atoms with Crippen LogP contribution in [-0.4, -0.2) is 29.9 Å². The summed E-state index contributed by atoms with van der Waals surface area (Å²) >= 11 is 0. The Morgan fingerprint density at radius 3 is 2.28 bits per heavy atom. The Hall–Kier alpha value is -2.12. The van der Waals surface area contributed by atoms with Gasteiger partial charge in [-0.05, 0) is 50.3 Å². The van der Waals surface area contributed by atoms with Crippen LogP contribution in [0.2, 0.25) is 0 Å². The highest BCUT2D eigenvalue weighted by molar-refractivity contribution is 6.07. The highest BCUT2D eigenvalue weighted by atomic mass is 35.5. The van der Waals surface area contributed by atoms with Crippen LogP contribution in [-0.2, 0) is 10.3 Å². The number of rotatable bonds is 3. The molecule has 7 nitrogen and oxygen atoms in total. The number of urea groups is 1. The molecule has 2 fully saturated rings. The predicted octanol–water partition coefficient (Wildman–Crippen LogP) is 1.16. The Kier molecular flexibility index (Phi) is 5.69. The highest BCUT2D eigenvalue weighted by Gasteiger charge is 2.43. The van der Waals surface area contributed by atoms with E-state index in [4.69, 9.17) is 5.73 Å². The van der Waals surface area contributed by atoms with Gasteiger partial charge in [-0.3, -0.25) is 14.9 Å². The second kappa shape index (κ2) is 7.41. The predicted molar refractivity (Wildman–Crippen MR) is 95.4 cm³/mol. The average Bonchev–Trinajstić information content (AvgIpc) is 2.83. The van der Waals surface area contributed by atoms with Gasteiger partial charge in [0.1, 0.15) is 5.54 Å². The first-order valence-corrected chi connectivity index (χ1v) is 8.19. The van der Waals surface area contributed by atoms with E-state index in [1.54, 1.807) is 31.2 Å². The summed E-state index contributed by atoms with van der Waals surface area (Å²) in [6.07, 6.45) is 3.65. The van der Waals surface area contributed by atoms with Crippen LogP contribution in [0.1, 0.15) is 48.5 Å². The van der Waals surface area contributed by atoms with Crippen molar-refractivity contribution in [1.29, 1.82) is 0 Å². The van der Waals surface area contributed by atoms with Crippen molar-refractivity contribution in [2.75, 3.05) is 0 Å². The quantitative estimate of drug-likeness (QED) is 0.601. The molecule has 1 aromatic rings. The van der Waals surface area contributed by atoms with E-state index in [-0.39, 0.29) is 30.4 Å². The molecule has 136 valence electrons. The Morgan fingerprint density at radius 1 is 1.16 bits per heavy atom. The second-order valence-corrected chi connectivity index (χ2v) is 6.70. The maximum atomic E-state index is 12.3. The average molecular weight is 367 g/mol. The topological polar surface area (TPSA) is 113 Å². The highest BCUT2D eigenvalue weighted by Crippen LogP contribution is 2.24. The fraction of sp³-hybridized carbons (Fsp3) is 0.471. The molecule has 0 aromatic heterocycles. The summed E-state index contributed by atoms with van der Waals surface area (Å²) in [5.74, 6) is -0.532. The van der Waals surface area contributed by atoms with E-state index < -0.39 is 17.5 Å². The number of halogens is 1. The van der Waals surface area contributed by atoms with Crippen LogP contribution in [0.15, 0.2) is 24.3 Å². The number of nitrogens with two attached hydrogens (primary N) is 1. The van der Waals surface area contributed by atoms with Gasteiger partial charge in [-0.25, -0.2) is 4.79 Å². The molecule has 1 heterocycles. The van der Waals surface area contributed by atoms with E-state index >= 15 is 0 Å². The number of benzene rings is 1. The van der Waals surface area contributed by atoms with Gasteiger partial charge in [0.2, 0.25) is 0 Å². The van der Waals surface area contributed by atoms with Crippen LogP contribution in [0.4, 0.5) is 4.79 Å². The van der Waals surface area contributed by atoms with Crippen LogP contribution in [0.25, 0.3) is 0 Å². The summed E-state index contributed by atoms with van der Waals surface area (Å²) in [6.45, 7) is 1.63. The van der Waals surface area contributed by atoms with Gasteiger partial charge < -0.3 is 16.4 Å². The summed E-state index contributed by atoms with van der Waals surface area (Å²) < 4.78 is 0. The monoisotopic (exact) mass is 366 g/mol. The third kappa shape index (κ3) is 3.93. The van der Waals surface area contributed by atoms with Crippen molar-refractivity contribution in [3.63, 3.8) is 0 Å². The summed E-state index contributed by atoms with van der Waals surface area (Å²) in [5.41, 5.74) is 5.93. The van der Waals surface area contributed by atoms with Crippen molar-refractivity contribution >= 4 is 30.3 Å². The Morgan fingerprint density at radius 2 is 1.76 bits per heavy atom. The first-order valence-electron chi connectivity index (χ1n) is 8.19. The van der Waals surface area contributed by atoms with Crippen molar-refractivity contribution in [3.8, 4) is 0 Å². The summed E-state index contributed by atoms with van der Waals surface area (Å²) in [6, 6.07) is 6.61. The number of nitrogens with one attached hydrogen (secondary N) is 3. The van der Waals surface area contributed by atoms with Gasteiger partial charge in [-0.1, -0.05) is 12.1 Å². The lowest BCUT2D eigenvalue weighted by molar-refractivity contribution is -0.123. The zero-order chi connectivity index (χ0) is 17.3. The maximum absolute atomic E-state index is 12.3. The third-order valence-corrected chi connectivity index (χ3v) is 4.88. The number of hydrogen-bond donors (Lipinski definition) is 4. The Labute approximate surface area is 152 Å². The number of imide groups is 1. The molecular weight excluding hydrogens is 344 g/mol. The van der Waals surface area contributed by atoms with Crippen LogP contribution in [0.5, 0.6) is 0 Å². The molecule has 8 heteroatoms. The zero-order valence-electron chi connectivity index (χ0n) is 14.0. The Balaban J connectivity index is 0.00000225. The van der Waals surface area contributed by atoms with Crippen molar-refractivity contribution in [2.24, 2.45) is 5.73 Å². The minimum absolute atomic E-state index is 0. The molecule has 1 saturated carbocycles. The summed E-state index contributed by atoms with van der Waals surface area (Å²) in [7, 11) is 0. The largest absolute Gasteiger partial charge is 0.349 e. The lowest BCUT2D eigenvalue weighted by atomic mass is 9.90. The molecule has 0 radical (unpaired) electrons. The smallest absolute Gasteiger partial charge is 0.322 e. The van der Waals surface area contributed by atoms with Gasteiger partial charge in [-0.15, -0.1) is 12.4 Å². The molecule has 0 spiro atoms.